The Balaban J connectivity index is 1.80. The van der Waals surface area contributed by atoms with Gasteiger partial charge in [0.15, 0.2) is 5.65 Å². The summed E-state index contributed by atoms with van der Waals surface area (Å²) in [6.07, 6.45) is 1.00. The van der Waals surface area contributed by atoms with Crippen LogP contribution < -0.4 is 0 Å². The van der Waals surface area contributed by atoms with Crippen molar-refractivity contribution in [1.82, 2.24) is 14.6 Å². The van der Waals surface area contributed by atoms with Gasteiger partial charge in [0.1, 0.15) is 0 Å². The van der Waals surface area contributed by atoms with Crippen molar-refractivity contribution in [2.24, 2.45) is 0 Å². The summed E-state index contributed by atoms with van der Waals surface area (Å²) in [6.45, 7) is 1.92. The van der Waals surface area contributed by atoms with Crippen LogP contribution in [0.5, 0.6) is 0 Å². The lowest BCUT2D eigenvalue weighted by atomic mass is 9.96. The number of fused-ring (bicyclic) bond motifs is 1. The first-order valence-electron chi connectivity index (χ1n) is 9.58. The SMILES string of the molecule is CS(=O)C(C)(Cc1ccccc1)c1ccnc2c(-c3ccc(C(F)(F)F)cc3)cnn12. The van der Waals surface area contributed by atoms with Gasteiger partial charge in [-0.2, -0.15) is 18.3 Å². The lowest BCUT2D eigenvalue weighted by Gasteiger charge is -2.28. The van der Waals surface area contributed by atoms with Crippen molar-refractivity contribution in [3.63, 3.8) is 0 Å². The Morgan fingerprint density at radius 1 is 1.00 bits per heavy atom. The van der Waals surface area contributed by atoms with E-state index in [-0.39, 0.29) is 0 Å². The molecule has 0 amide bonds. The molecule has 2 aromatic carbocycles. The minimum Gasteiger partial charge on any atom is -0.259 e. The zero-order valence-electron chi connectivity index (χ0n) is 16.9. The first kappa shape index (κ1) is 21.2. The smallest absolute Gasteiger partial charge is 0.259 e. The summed E-state index contributed by atoms with van der Waals surface area (Å²) in [4.78, 5) is 4.41. The van der Waals surface area contributed by atoms with Gasteiger partial charge in [0.2, 0.25) is 0 Å². The Morgan fingerprint density at radius 2 is 1.68 bits per heavy atom. The highest BCUT2D eigenvalue weighted by Crippen LogP contribution is 2.34. The van der Waals surface area contributed by atoms with Crippen LogP contribution in [0.1, 0.15) is 23.7 Å². The first-order valence-corrected chi connectivity index (χ1v) is 11.1. The summed E-state index contributed by atoms with van der Waals surface area (Å²) in [5.74, 6) is 0. The molecule has 0 spiro atoms. The van der Waals surface area contributed by atoms with E-state index in [1.54, 1.807) is 29.2 Å². The molecule has 0 bridgehead atoms. The van der Waals surface area contributed by atoms with E-state index in [2.05, 4.69) is 10.1 Å². The van der Waals surface area contributed by atoms with E-state index < -0.39 is 27.3 Å². The number of benzene rings is 2. The third kappa shape index (κ3) is 3.99. The number of aromatic nitrogens is 3. The average Bonchev–Trinajstić information content (AvgIpc) is 3.18. The fraction of sp³-hybridized carbons (Fsp3) is 0.217. The molecule has 2 heterocycles. The molecule has 0 aliphatic rings. The van der Waals surface area contributed by atoms with Crippen LogP contribution in [0, 0.1) is 0 Å². The van der Waals surface area contributed by atoms with E-state index in [1.165, 1.54) is 12.1 Å². The van der Waals surface area contributed by atoms with Gasteiger partial charge in [-0.1, -0.05) is 42.5 Å². The molecule has 2 aromatic heterocycles. The third-order valence-corrected chi connectivity index (χ3v) is 7.11. The molecular weight excluding hydrogens is 423 g/mol. The van der Waals surface area contributed by atoms with E-state index in [1.807, 2.05) is 37.3 Å². The number of hydrogen-bond donors (Lipinski definition) is 0. The Labute approximate surface area is 180 Å². The highest BCUT2D eigenvalue weighted by molar-refractivity contribution is 7.85. The van der Waals surface area contributed by atoms with Gasteiger partial charge in [0, 0.05) is 28.8 Å². The first-order chi connectivity index (χ1) is 14.7. The minimum absolute atomic E-state index is 0.502. The number of nitrogens with zero attached hydrogens (tertiary/aromatic N) is 3. The zero-order chi connectivity index (χ0) is 22.2. The molecule has 4 rings (SSSR count). The molecule has 0 saturated heterocycles. The summed E-state index contributed by atoms with van der Waals surface area (Å²) in [5.41, 5.74) is 2.75. The normalized spacial score (nSPS) is 15.0. The van der Waals surface area contributed by atoms with Gasteiger partial charge >= 0.3 is 6.18 Å². The van der Waals surface area contributed by atoms with Crippen molar-refractivity contribution in [3.05, 3.63) is 89.9 Å². The quantitative estimate of drug-likeness (QED) is 0.423. The maximum Gasteiger partial charge on any atom is 0.416 e. The molecular formula is C23H20F3N3OS. The molecule has 2 unspecified atom stereocenters. The summed E-state index contributed by atoms with van der Waals surface area (Å²) >= 11 is 0. The van der Waals surface area contributed by atoms with Crippen LogP contribution in [-0.2, 0) is 28.1 Å². The van der Waals surface area contributed by atoms with Gasteiger partial charge in [-0.25, -0.2) is 9.50 Å². The molecule has 8 heteroatoms. The van der Waals surface area contributed by atoms with Gasteiger partial charge < -0.3 is 0 Å². The van der Waals surface area contributed by atoms with Gasteiger partial charge in [-0.3, -0.25) is 4.21 Å². The zero-order valence-corrected chi connectivity index (χ0v) is 17.7. The summed E-state index contributed by atoms with van der Waals surface area (Å²) in [6, 6.07) is 16.5. The lowest BCUT2D eigenvalue weighted by Crippen LogP contribution is -2.32. The molecule has 0 radical (unpaired) electrons. The fourth-order valence-corrected chi connectivity index (χ4v) is 4.48. The predicted octanol–water partition coefficient (Wildman–Crippen LogP) is 5.25. The second-order valence-corrected chi connectivity index (χ2v) is 9.36. The van der Waals surface area contributed by atoms with E-state index in [0.717, 1.165) is 23.4 Å². The van der Waals surface area contributed by atoms with Crippen molar-refractivity contribution >= 4 is 16.4 Å². The van der Waals surface area contributed by atoms with Crippen molar-refractivity contribution in [3.8, 4) is 11.1 Å². The second-order valence-electron chi connectivity index (χ2n) is 7.55. The van der Waals surface area contributed by atoms with Gasteiger partial charge in [0.25, 0.3) is 0 Å². The summed E-state index contributed by atoms with van der Waals surface area (Å²) in [7, 11) is -1.24. The third-order valence-electron chi connectivity index (χ3n) is 5.49. The van der Waals surface area contributed by atoms with E-state index in [0.29, 0.717) is 23.2 Å². The molecule has 31 heavy (non-hydrogen) atoms. The van der Waals surface area contributed by atoms with Gasteiger partial charge in [-0.15, -0.1) is 0 Å². The fourth-order valence-electron chi connectivity index (χ4n) is 3.66. The van der Waals surface area contributed by atoms with Crippen LogP contribution in [0.15, 0.2) is 73.1 Å². The van der Waals surface area contributed by atoms with Crippen LogP contribution >= 0.6 is 0 Å². The van der Waals surface area contributed by atoms with E-state index >= 15 is 0 Å². The van der Waals surface area contributed by atoms with Crippen LogP contribution in [0.25, 0.3) is 16.8 Å². The molecule has 0 aliphatic heterocycles. The lowest BCUT2D eigenvalue weighted by molar-refractivity contribution is -0.137. The Kier molecular flexibility index (Phi) is 5.43. The molecule has 0 N–H and O–H groups in total. The van der Waals surface area contributed by atoms with Crippen LogP contribution in [0.2, 0.25) is 0 Å². The largest absolute Gasteiger partial charge is 0.416 e. The standard InChI is InChI=1S/C23H20F3N3OS/c1-22(31(2)30,14-16-6-4-3-5-7-16)20-12-13-27-21-19(15-28-29(20)21)17-8-10-18(11-9-17)23(24,25)26/h3-13,15H,14H2,1-2H3. The maximum absolute atomic E-state index is 12.9. The highest BCUT2D eigenvalue weighted by atomic mass is 32.2. The van der Waals surface area contributed by atoms with Crippen molar-refractivity contribution in [2.45, 2.75) is 24.3 Å². The average molecular weight is 443 g/mol. The number of rotatable bonds is 5. The van der Waals surface area contributed by atoms with Crippen LogP contribution in [0.3, 0.4) is 0 Å². The number of alkyl halides is 3. The Bertz CT molecular complexity index is 1240. The van der Waals surface area contributed by atoms with Crippen molar-refractivity contribution < 1.29 is 17.4 Å². The molecule has 4 aromatic rings. The number of halogens is 3. The maximum atomic E-state index is 12.9. The monoisotopic (exact) mass is 443 g/mol. The van der Waals surface area contributed by atoms with Crippen molar-refractivity contribution in [1.29, 1.82) is 0 Å². The van der Waals surface area contributed by atoms with Gasteiger partial charge in [0.05, 0.1) is 22.2 Å². The van der Waals surface area contributed by atoms with Crippen LogP contribution in [0.4, 0.5) is 13.2 Å². The topological polar surface area (TPSA) is 47.3 Å². The Morgan fingerprint density at radius 3 is 2.29 bits per heavy atom. The highest BCUT2D eigenvalue weighted by Gasteiger charge is 2.35. The predicted molar refractivity (Wildman–Crippen MR) is 115 cm³/mol. The molecule has 2 atom stereocenters. The molecule has 0 aliphatic carbocycles. The number of hydrogen-bond acceptors (Lipinski definition) is 3. The molecule has 0 fully saturated rings. The van der Waals surface area contributed by atoms with E-state index in [4.69, 9.17) is 0 Å². The van der Waals surface area contributed by atoms with Crippen molar-refractivity contribution in [2.75, 3.05) is 6.26 Å². The Hall–Kier alpha value is -3.00. The van der Waals surface area contributed by atoms with E-state index in [9.17, 15) is 17.4 Å². The van der Waals surface area contributed by atoms with Gasteiger partial charge in [-0.05, 0) is 42.7 Å². The molecule has 4 nitrogen and oxygen atoms in total. The molecule has 160 valence electrons. The van der Waals surface area contributed by atoms with Crippen LogP contribution in [-0.4, -0.2) is 25.1 Å². The molecule has 0 saturated carbocycles. The second kappa shape index (κ2) is 7.92. The summed E-state index contributed by atoms with van der Waals surface area (Å²) < 4.78 is 52.4. The minimum atomic E-state index is -4.39. The summed E-state index contributed by atoms with van der Waals surface area (Å²) in [5, 5.41) is 4.45.